The average Bonchev–Trinajstić information content (AvgIpc) is 3.58. The minimum absolute atomic E-state index is 0.0497. The number of hydrogen-bond donors (Lipinski definition) is 1. The third-order valence-corrected chi connectivity index (χ3v) is 8.25. The fraction of sp³-hybridized carbons (Fsp3) is 0.375. The number of carbonyl (C=O) groups is 1. The number of para-hydroxylation sites is 1. The maximum absolute atomic E-state index is 12.7. The Morgan fingerprint density at radius 2 is 1.71 bits per heavy atom. The van der Waals surface area contributed by atoms with Crippen molar-refractivity contribution >= 4 is 21.7 Å². The molecule has 9 nitrogen and oxygen atoms in total. The minimum atomic E-state index is -3.46. The van der Waals surface area contributed by atoms with Crippen molar-refractivity contribution in [2.24, 2.45) is 0 Å². The predicted octanol–water partition coefficient (Wildman–Crippen LogP) is 3.93. The molecule has 1 atom stereocenters. The normalized spacial score (nSPS) is 19.3. The van der Waals surface area contributed by atoms with Gasteiger partial charge in [0.15, 0.2) is 0 Å². The number of nitrogens with zero attached hydrogens (tertiary/aromatic N) is 4. The Hall–Kier alpha value is -3.24. The molecule has 0 aliphatic carbocycles. The van der Waals surface area contributed by atoms with Crippen molar-refractivity contribution in [2.45, 2.75) is 36.5 Å². The number of sulfonamides is 1. The summed E-state index contributed by atoms with van der Waals surface area (Å²) in [6.07, 6.45) is 3.49. The molecule has 1 aromatic heterocycles. The van der Waals surface area contributed by atoms with Gasteiger partial charge in [-0.15, -0.1) is 0 Å². The SMILES string of the molecule is O=C(Nc1ccccc1)N1CCC[C@@H](c2nc(-c3ccc(S(=O)(=O)N4CCCC4)cc3)no2)C1. The monoisotopic (exact) mass is 481 g/mol. The van der Waals surface area contributed by atoms with Crippen molar-refractivity contribution < 1.29 is 17.7 Å². The van der Waals surface area contributed by atoms with E-state index in [9.17, 15) is 13.2 Å². The highest BCUT2D eigenvalue weighted by atomic mass is 32.2. The molecule has 3 aromatic rings. The lowest BCUT2D eigenvalue weighted by Crippen LogP contribution is -2.41. The van der Waals surface area contributed by atoms with E-state index in [0.717, 1.165) is 31.4 Å². The quantitative estimate of drug-likeness (QED) is 0.591. The van der Waals surface area contributed by atoms with E-state index >= 15 is 0 Å². The standard InChI is InChI=1S/C24H27N5O4S/c30-24(25-20-8-2-1-3-9-20)28-14-6-7-19(17-28)23-26-22(27-33-23)18-10-12-21(13-11-18)34(31,32)29-15-4-5-16-29/h1-3,8-13,19H,4-7,14-17H2,(H,25,30)/t19-/m1/s1. The Morgan fingerprint density at radius 1 is 0.971 bits per heavy atom. The van der Waals surface area contributed by atoms with E-state index in [4.69, 9.17) is 4.52 Å². The Bertz CT molecular complexity index is 1240. The molecule has 2 amide bonds. The van der Waals surface area contributed by atoms with Gasteiger partial charge >= 0.3 is 6.03 Å². The van der Waals surface area contributed by atoms with Crippen LogP contribution in [0.2, 0.25) is 0 Å². The average molecular weight is 482 g/mol. The zero-order valence-electron chi connectivity index (χ0n) is 18.8. The van der Waals surface area contributed by atoms with E-state index in [-0.39, 0.29) is 16.8 Å². The van der Waals surface area contributed by atoms with Gasteiger partial charge in [0, 0.05) is 37.4 Å². The van der Waals surface area contributed by atoms with Gasteiger partial charge in [-0.3, -0.25) is 0 Å². The smallest absolute Gasteiger partial charge is 0.321 e. The number of likely N-dealkylation sites (tertiary alicyclic amines) is 1. The van der Waals surface area contributed by atoms with Crippen molar-refractivity contribution in [3.05, 3.63) is 60.5 Å². The molecule has 34 heavy (non-hydrogen) atoms. The van der Waals surface area contributed by atoms with Crippen LogP contribution in [0.15, 0.2) is 64.0 Å². The van der Waals surface area contributed by atoms with Gasteiger partial charge in [-0.1, -0.05) is 23.4 Å². The van der Waals surface area contributed by atoms with Crippen molar-refractivity contribution in [2.75, 3.05) is 31.5 Å². The molecule has 2 aliphatic rings. The van der Waals surface area contributed by atoms with E-state index in [1.165, 1.54) is 4.31 Å². The van der Waals surface area contributed by atoms with Gasteiger partial charge in [0.05, 0.1) is 10.8 Å². The summed E-state index contributed by atoms with van der Waals surface area (Å²) in [4.78, 5) is 19.3. The highest BCUT2D eigenvalue weighted by Crippen LogP contribution is 2.29. The van der Waals surface area contributed by atoms with Crippen LogP contribution in [0.4, 0.5) is 10.5 Å². The molecule has 0 radical (unpaired) electrons. The fourth-order valence-corrected chi connectivity index (χ4v) is 5.98. The second kappa shape index (κ2) is 9.55. The number of hydrogen-bond acceptors (Lipinski definition) is 6. The number of carbonyl (C=O) groups excluding carboxylic acids is 1. The van der Waals surface area contributed by atoms with Crippen LogP contribution in [0.25, 0.3) is 11.4 Å². The summed E-state index contributed by atoms with van der Waals surface area (Å²) in [6, 6.07) is 15.8. The van der Waals surface area contributed by atoms with Gasteiger partial charge in [-0.05, 0) is 62.1 Å². The van der Waals surface area contributed by atoms with Crippen LogP contribution in [0.5, 0.6) is 0 Å². The Morgan fingerprint density at radius 3 is 2.44 bits per heavy atom. The molecular weight excluding hydrogens is 454 g/mol. The zero-order valence-corrected chi connectivity index (χ0v) is 19.6. The van der Waals surface area contributed by atoms with Crippen LogP contribution in [0.3, 0.4) is 0 Å². The summed E-state index contributed by atoms with van der Waals surface area (Å²) >= 11 is 0. The van der Waals surface area contributed by atoms with Crippen molar-refractivity contribution in [1.82, 2.24) is 19.3 Å². The van der Waals surface area contributed by atoms with Crippen LogP contribution in [-0.4, -0.2) is 60.0 Å². The molecule has 2 fully saturated rings. The second-order valence-electron chi connectivity index (χ2n) is 8.67. The van der Waals surface area contributed by atoms with Gasteiger partial charge < -0.3 is 14.7 Å². The highest BCUT2D eigenvalue weighted by molar-refractivity contribution is 7.89. The Balaban J connectivity index is 1.26. The van der Waals surface area contributed by atoms with Gasteiger partial charge in [0.1, 0.15) is 0 Å². The number of nitrogens with one attached hydrogen (secondary N) is 1. The molecule has 0 bridgehead atoms. The summed E-state index contributed by atoms with van der Waals surface area (Å²) in [5, 5.41) is 7.02. The molecular formula is C24H27N5O4S. The summed E-state index contributed by atoms with van der Waals surface area (Å²) in [5.41, 5.74) is 1.44. The lowest BCUT2D eigenvalue weighted by atomic mass is 9.98. The molecule has 2 aromatic carbocycles. The molecule has 2 aliphatic heterocycles. The summed E-state index contributed by atoms with van der Waals surface area (Å²) in [6.45, 7) is 2.30. The lowest BCUT2D eigenvalue weighted by Gasteiger charge is -2.31. The minimum Gasteiger partial charge on any atom is -0.339 e. The number of rotatable bonds is 5. The van der Waals surface area contributed by atoms with Gasteiger partial charge in [-0.2, -0.15) is 9.29 Å². The molecule has 2 saturated heterocycles. The first-order valence-corrected chi connectivity index (χ1v) is 13.0. The van der Waals surface area contributed by atoms with Crippen molar-refractivity contribution in [3.8, 4) is 11.4 Å². The maximum atomic E-state index is 12.7. The van der Waals surface area contributed by atoms with E-state index in [1.54, 1.807) is 29.2 Å². The van der Waals surface area contributed by atoms with Gasteiger partial charge in [-0.25, -0.2) is 13.2 Å². The largest absolute Gasteiger partial charge is 0.339 e. The molecule has 178 valence electrons. The zero-order chi connectivity index (χ0) is 23.5. The number of amides is 2. The number of piperidine rings is 1. The first-order valence-electron chi connectivity index (χ1n) is 11.6. The van der Waals surface area contributed by atoms with Crippen LogP contribution in [0.1, 0.15) is 37.5 Å². The van der Waals surface area contributed by atoms with E-state index in [1.807, 2.05) is 30.3 Å². The highest BCUT2D eigenvalue weighted by Gasteiger charge is 2.30. The second-order valence-corrected chi connectivity index (χ2v) is 10.6. The van der Waals surface area contributed by atoms with E-state index < -0.39 is 10.0 Å². The first kappa shape index (κ1) is 22.5. The molecule has 0 spiro atoms. The number of aromatic nitrogens is 2. The van der Waals surface area contributed by atoms with Gasteiger partial charge in [0.2, 0.25) is 21.7 Å². The molecule has 0 saturated carbocycles. The first-order chi connectivity index (χ1) is 16.5. The Kier molecular flexibility index (Phi) is 6.34. The van der Waals surface area contributed by atoms with Crippen molar-refractivity contribution in [3.63, 3.8) is 0 Å². The van der Waals surface area contributed by atoms with Gasteiger partial charge in [0.25, 0.3) is 0 Å². The van der Waals surface area contributed by atoms with E-state index in [0.29, 0.717) is 43.5 Å². The Labute approximate surface area is 198 Å². The number of urea groups is 1. The van der Waals surface area contributed by atoms with Crippen LogP contribution >= 0.6 is 0 Å². The molecule has 5 rings (SSSR count). The predicted molar refractivity (Wildman–Crippen MR) is 127 cm³/mol. The fourth-order valence-electron chi connectivity index (χ4n) is 4.46. The third-order valence-electron chi connectivity index (χ3n) is 6.34. The summed E-state index contributed by atoms with van der Waals surface area (Å²) in [7, 11) is -3.46. The number of benzene rings is 2. The summed E-state index contributed by atoms with van der Waals surface area (Å²) < 4.78 is 32.5. The topological polar surface area (TPSA) is 109 Å². The van der Waals surface area contributed by atoms with Crippen LogP contribution in [-0.2, 0) is 10.0 Å². The summed E-state index contributed by atoms with van der Waals surface area (Å²) in [5.74, 6) is 0.846. The maximum Gasteiger partial charge on any atom is 0.321 e. The molecule has 0 unspecified atom stereocenters. The number of anilines is 1. The van der Waals surface area contributed by atoms with E-state index in [2.05, 4.69) is 15.5 Å². The van der Waals surface area contributed by atoms with Crippen molar-refractivity contribution in [1.29, 1.82) is 0 Å². The molecule has 10 heteroatoms. The van der Waals surface area contributed by atoms with Crippen LogP contribution in [0, 0.1) is 0 Å². The van der Waals surface area contributed by atoms with Crippen LogP contribution < -0.4 is 5.32 Å². The molecule has 3 heterocycles. The lowest BCUT2D eigenvalue weighted by molar-refractivity contribution is 0.184. The third kappa shape index (κ3) is 4.69. The molecule has 1 N–H and O–H groups in total.